The predicted molar refractivity (Wildman–Crippen MR) is 88.4 cm³/mol. The highest BCUT2D eigenvalue weighted by atomic mass is 16.5. The third kappa shape index (κ3) is 3.53. The lowest BCUT2D eigenvalue weighted by Gasteiger charge is -2.33. The number of morpholine rings is 1. The number of aryl methyl sites for hydroxylation is 1. The Kier molecular flexibility index (Phi) is 4.45. The van der Waals surface area contributed by atoms with Crippen molar-refractivity contribution in [2.75, 3.05) is 32.8 Å². The van der Waals surface area contributed by atoms with Crippen LogP contribution < -0.4 is 0 Å². The van der Waals surface area contributed by atoms with E-state index in [4.69, 9.17) is 4.74 Å². The molecule has 2 atom stereocenters. The zero-order valence-electron chi connectivity index (χ0n) is 14.6. The fraction of sp³-hybridized carbons (Fsp3) is 0.765. The fourth-order valence-corrected chi connectivity index (χ4v) is 3.60. The van der Waals surface area contributed by atoms with Gasteiger partial charge in [0.05, 0.1) is 19.1 Å². The second-order valence-electron chi connectivity index (χ2n) is 7.28. The highest BCUT2D eigenvalue weighted by Gasteiger charge is 2.40. The Morgan fingerprint density at radius 1 is 1.36 bits per heavy atom. The van der Waals surface area contributed by atoms with Crippen molar-refractivity contribution in [2.45, 2.75) is 38.7 Å². The molecule has 3 heterocycles. The van der Waals surface area contributed by atoms with Crippen molar-refractivity contribution in [1.82, 2.24) is 25.0 Å². The zero-order valence-corrected chi connectivity index (χ0v) is 14.6. The molecule has 1 N–H and O–H groups in total. The summed E-state index contributed by atoms with van der Waals surface area (Å²) in [4.78, 5) is 33.1. The average molecular weight is 347 g/mol. The number of carbonyl (C=O) groups is 2. The molecule has 2 saturated heterocycles. The summed E-state index contributed by atoms with van der Waals surface area (Å²) in [5.41, 5.74) is 0. The summed E-state index contributed by atoms with van der Waals surface area (Å²) in [6, 6.07) is 0. The molecule has 4 rings (SSSR count). The van der Waals surface area contributed by atoms with Crippen LogP contribution in [0.1, 0.15) is 43.9 Å². The Morgan fingerprint density at radius 3 is 2.92 bits per heavy atom. The van der Waals surface area contributed by atoms with E-state index >= 15 is 0 Å². The molecule has 136 valence electrons. The Morgan fingerprint density at radius 2 is 2.20 bits per heavy atom. The molecule has 1 aliphatic carbocycles. The van der Waals surface area contributed by atoms with Gasteiger partial charge in [-0.2, -0.15) is 5.10 Å². The van der Waals surface area contributed by atoms with Crippen LogP contribution in [0.15, 0.2) is 0 Å². The van der Waals surface area contributed by atoms with Gasteiger partial charge in [-0.15, -0.1) is 0 Å². The third-order valence-corrected chi connectivity index (χ3v) is 5.29. The normalized spacial score (nSPS) is 27.2. The largest absolute Gasteiger partial charge is 0.366 e. The van der Waals surface area contributed by atoms with Gasteiger partial charge >= 0.3 is 0 Å². The minimum Gasteiger partial charge on any atom is -0.366 e. The Hall–Kier alpha value is -1.96. The molecule has 1 aromatic heterocycles. The topological polar surface area (TPSA) is 91.4 Å². The summed E-state index contributed by atoms with van der Waals surface area (Å²) in [6.07, 6.45) is 3.25. The smallest absolute Gasteiger partial charge is 0.228 e. The molecule has 8 heteroatoms. The number of aromatic nitrogens is 3. The van der Waals surface area contributed by atoms with Gasteiger partial charge in [-0.05, 0) is 18.8 Å². The number of hydrogen-bond acceptors (Lipinski definition) is 5. The van der Waals surface area contributed by atoms with Gasteiger partial charge in [0, 0.05) is 32.5 Å². The number of rotatable bonds is 5. The van der Waals surface area contributed by atoms with Gasteiger partial charge in [0.15, 0.2) is 5.82 Å². The summed E-state index contributed by atoms with van der Waals surface area (Å²) in [5.74, 6) is 2.04. The van der Waals surface area contributed by atoms with Gasteiger partial charge in [0.25, 0.3) is 0 Å². The van der Waals surface area contributed by atoms with Crippen LogP contribution in [0.25, 0.3) is 0 Å². The first-order valence-electron chi connectivity index (χ1n) is 9.23. The van der Waals surface area contributed by atoms with Crippen LogP contribution in [0.5, 0.6) is 0 Å². The lowest BCUT2D eigenvalue weighted by atomic mass is 10.1. The molecule has 25 heavy (non-hydrogen) atoms. The number of likely N-dealkylation sites (tertiary alicyclic amines) is 1. The van der Waals surface area contributed by atoms with Crippen LogP contribution >= 0.6 is 0 Å². The summed E-state index contributed by atoms with van der Waals surface area (Å²) in [7, 11) is 0. The lowest BCUT2D eigenvalue weighted by Crippen LogP contribution is -2.45. The van der Waals surface area contributed by atoms with E-state index in [1.165, 1.54) is 12.8 Å². The maximum atomic E-state index is 12.9. The molecule has 3 aliphatic rings. The van der Waals surface area contributed by atoms with E-state index in [2.05, 4.69) is 15.2 Å². The van der Waals surface area contributed by atoms with Crippen molar-refractivity contribution in [3.05, 3.63) is 11.6 Å². The van der Waals surface area contributed by atoms with Crippen molar-refractivity contribution in [1.29, 1.82) is 0 Å². The number of hydrogen-bond donors (Lipinski definition) is 1. The van der Waals surface area contributed by atoms with E-state index in [0.717, 1.165) is 18.8 Å². The van der Waals surface area contributed by atoms with E-state index in [9.17, 15) is 9.59 Å². The summed E-state index contributed by atoms with van der Waals surface area (Å²) in [6.45, 7) is 4.88. The van der Waals surface area contributed by atoms with Crippen molar-refractivity contribution < 1.29 is 14.3 Å². The molecule has 2 amide bonds. The second kappa shape index (κ2) is 6.74. The third-order valence-electron chi connectivity index (χ3n) is 5.29. The van der Waals surface area contributed by atoms with Crippen molar-refractivity contribution in [2.24, 2.45) is 11.8 Å². The quantitative estimate of drug-likeness (QED) is 0.839. The van der Waals surface area contributed by atoms with Crippen LogP contribution in [0.2, 0.25) is 0 Å². The summed E-state index contributed by atoms with van der Waals surface area (Å²) < 4.78 is 5.75. The van der Waals surface area contributed by atoms with E-state index in [1.54, 1.807) is 0 Å². The second-order valence-corrected chi connectivity index (χ2v) is 7.28. The maximum Gasteiger partial charge on any atom is 0.228 e. The molecule has 2 aliphatic heterocycles. The standard InChI is InChI=1S/C17H25N5O3/c1-2-14-18-16(20-19-14)13-10-21(5-6-25-13)17(24)12-7-15(23)22(9-12)8-11-3-4-11/h11-13H,2-10H2,1H3,(H,18,19,20). The molecule has 1 saturated carbocycles. The van der Waals surface area contributed by atoms with Crippen molar-refractivity contribution >= 4 is 11.8 Å². The van der Waals surface area contributed by atoms with E-state index in [0.29, 0.717) is 44.4 Å². The van der Waals surface area contributed by atoms with Crippen molar-refractivity contribution in [3.8, 4) is 0 Å². The molecular weight excluding hydrogens is 322 g/mol. The van der Waals surface area contributed by atoms with Gasteiger partial charge in [-0.25, -0.2) is 4.98 Å². The molecule has 3 fully saturated rings. The summed E-state index contributed by atoms with van der Waals surface area (Å²) in [5, 5.41) is 7.10. The monoisotopic (exact) mass is 347 g/mol. The van der Waals surface area contributed by atoms with Gasteiger partial charge in [-0.1, -0.05) is 6.92 Å². The minimum atomic E-state index is -0.297. The van der Waals surface area contributed by atoms with Gasteiger partial charge in [0.1, 0.15) is 11.9 Å². The highest BCUT2D eigenvalue weighted by Crippen LogP contribution is 2.32. The minimum absolute atomic E-state index is 0.0613. The van der Waals surface area contributed by atoms with E-state index in [1.807, 2.05) is 16.7 Å². The van der Waals surface area contributed by atoms with Crippen LogP contribution in [0, 0.1) is 11.8 Å². The van der Waals surface area contributed by atoms with Crippen LogP contribution in [0.4, 0.5) is 0 Å². The van der Waals surface area contributed by atoms with Gasteiger partial charge in [0.2, 0.25) is 11.8 Å². The van der Waals surface area contributed by atoms with Crippen LogP contribution in [-0.2, 0) is 20.7 Å². The molecule has 0 aromatic carbocycles. The first kappa shape index (κ1) is 16.5. The number of nitrogens with one attached hydrogen (secondary N) is 1. The van der Waals surface area contributed by atoms with Gasteiger partial charge < -0.3 is 14.5 Å². The van der Waals surface area contributed by atoms with Crippen LogP contribution in [0.3, 0.4) is 0 Å². The number of aromatic amines is 1. The molecule has 0 spiro atoms. The van der Waals surface area contributed by atoms with Gasteiger partial charge in [-0.3, -0.25) is 14.7 Å². The first-order chi connectivity index (χ1) is 12.1. The zero-order chi connectivity index (χ0) is 17.4. The van der Waals surface area contributed by atoms with E-state index < -0.39 is 0 Å². The molecule has 1 aromatic rings. The SMILES string of the molecule is CCc1nc(C2CN(C(=O)C3CC(=O)N(CC4CC4)C3)CCO2)n[nH]1. The predicted octanol–water partition coefficient (Wildman–Crippen LogP) is 0.526. The molecule has 0 radical (unpaired) electrons. The maximum absolute atomic E-state index is 12.9. The number of ether oxygens (including phenoxy) is 1. The number of H-pyrrole nitrogens is 1. The first-order valence-corrected chi connectivity index (χ1v) is 9.23. The van der Waals surface area contributed by atoms with Crippen molar-refractivity contribution in [3.63, 3.8) is 0 Å². The Bertz CT molecular complexity index is 656. The average Bonchev–Trinajstić information content (AvgIpc) is 3.18. The van der Waals surface area contributed by atoms with Crippen LogP contribution in [-0.4, -0.2) is 69.6 Å². The molecular formula is C17H25N5O3. The number of nitrogens with zero attached hydrogens (tertiary/aromatic N) is 4. The molecule has 2 unspecified atom stereocenters. The highest BCUT2D eigenvalue weighted by molar-refractivity contribution is 5.89. The number of carbonyl (C=O) groups excluding carboxylic acids is 2. The van der Waals surface area contributed by atoms with E-state index in [-0.39, 0.29) is 23.8 Å². The fourth-order valence-electron chi connectivity index (χ4n) is 3.60. The summed E-state index contributed by atoms with van der Waals surface area (Å²) >= 11 is 0. The molecule has 0 bridgehead atoms. The molecule has 8 nitrogen and oxygen atoms in total. The Labute approximate surface area is 146 Å². The Balaban J connectivity index is 1.37. The lowest BCUT2D eigenvalue weighted by molar-refractivity contribution is -0.143. The number of amides is 2.